The van der Waals surface area contributed by atoms with Crippen LogP contribution in [0.1, 0.15) is 15.9 Å². The molecule has 4 rings (SSSR count). The first-order chi connectivity index (χ1) is 14.4. The number of H-pyrrole nitrogens is 1. The summed E-state index contributed by atoms with van der Waals surface area (Å²) >= 11 is 11.6. The lowest BCUT2D eigenvalue weighted by Crippen LogP contribution is -2.23. The summed E-state index contributed by atoms with van der Waals surface area (Å²) in [5.41, 5.74) is 1.74. The molecule has 1 amide bonds. The summed E-state index contributed by atoms with van der Waals surface area (Å²) in [6.07, 6.45) is 0. The number of rotatable bonds is 4. The summed E-state index contributed by atoms with van der Waals surface area (Å²) in [4.78, 5) is 28.5. The molecule has 0 radical (unpaired) electrons. The molecule has 8 heteroatoms. The predicted octanol–water partition coefficient (Wildman–Crippen LogP) is 5.15. The molecule has 0 aliphatic carbocycles. The highest BCUT2D eigenvalue weighted by Crippen LogP contribution is 2.17. The number of carbonyl (C=O) groups excluding carboxylic acids is 1. The van der Waals surface area contributed by atoms with E-state index in [1.165, 1.54) is 28.8 Å². The third-order valence-corrected chi connectivity index (χ3v) is 5.32. The van der Waals surface area contributed by atoms with E-state index in [2.05, 4.69) is 10.3 Å². The van der Waals surface area contributed by atoms with Crippen LogP contribution in [0.2, 0.25) is 5.02 Å². The van der Waals surface area contributed by atoms with Gasteiger partial charge in [0.05, 0.1) is 17.4 Å². The van der Waals surface area contributed by atoms with Gasteiger partial charge in [-0.05, 0) is 66.3 Å². The van der Waals surface area contributed by atoms with Crippen LogP contribution >= 0.6 is 23.8 Å². The van der Waals surface area contributed by atoms with Gasteiger partial charge in [-0.15, -0.1) is 0 Å². The zero-order valence-corrected chi connectivity index (χ0v) is 17.1. The molecule has 0 saturated heterocycles. The maximum atomic E-state index is 13.0. The van der Waals surface area contributed by atoms with Gasteiger partial charge in [0.15, 0.2) is 4.77 Å². The number of hydrogen-bond acceptors (Lipinski definition) is 3. The van der Waals surface area contributed by atoms with E-state index in [4.69, 9.17) is 23.8 Å². The van der Waals surface area contributed by atoms with Gasteiger partial charge in [0.25, 0.3) is 11.5 Å². The van der Waals surface area contributed by atoms with E-state index in [9.17, 15) is 14.0 Å². The molecule has 0 aliphatic rings. The van der Waals surface area contributed by atoms with Gasteiger partial charge < -0.3 is 10.3 Å². The third kappa shape index (κ3) is 4.03. The lowest BCUT2D eigenvalue weighted by Gasteiger charge is -2.10. The van der Waals surface area contributed by atoms with Crippen molar-refractivity contribution < 1.29 is 9.18 Å². The lowest BCUT2D eigenvalue weighted by molar-refractivity contribution is 0.102. The highest BCUT2D eigenvalue weighted by Gasteiger charge is 2.12. The van der Waals surface area contributed by atoms with E-state index >= 15 is 0 Å². The highest BCUT2D eigenvalue weighted by molar-refractivity contribution is 7.71. The summed E-state index contributed by atoms with van der Waals surface area (Å²) < 4.78 is 14.7. The van der Waals surface area contributed by atoms with Crippen molar-refractivity contribution in [1.29, 1.82) is 0 Å². The average Bonchev–Trinajstić information content (AvgIpc) is 2.73. The summed E-state index contributed by atoms with van der Waals surface area (Å²) in [5.74, 6) is -0.776. The number of fused-ring (bicyclic) bond motifs is 1. The molecular formula is C22H15ClFN3O2S. The molecule has 4 aromatic rings. The zero-order valence-electron chi connectivity index (χ0n) is 15.5. The fourth-order valence-electron chi connectivity index (χ4n) is 3.07. The van der Waals surface area contributed by atoms with Crippen molar-refractivity contribution in [3.8, 4) is 0 Å². The number of nitrogens with zero attached hydrogens (tertiary/aromatic N) is 1. The molecule has 3 aromatic carbocycles. The second kappa shape index (κ2) is 8.22. The molecule has 0 spiro atoms. The summed E-state index contributed by atoms with van der Waals surface area (Å²) in [6.45, 7) is 0.233. The van der Waals surface area contributed by atoms with Crippen LogP contribution in [0.4, 0.5) is 10.1 Å². The molecule has 0 bridgehead atoms. The minimum Gasteiger partial charge on any atom is -0.332 e. The highest BCUT2D eigenvalue weighted by atomic mass is 35.5. The average molecular weight is 440 g/mol. The number of amides is 1. The SMILES string of the molecule is O=C(Nc1ccc(F)cc1)c1ccc2c(=O)n(Cc3ccccc3Cl)c(=S)[nH]c2c1. The fraction of sp³-hybridized carbons (Fsp3) is 0.0455. The quantitative estimate of drug-likeness (QED) is 0.432. The van der Waals surface area contributed by atoms with Gasteiger partial charge in [0.1, 0.15) is 5.82 Å². The van der Waals surface area contributed by atoms with Crippen LogP contribution in [-0.2, 0) is 6.54 Å². The van der Waals surface area contributed by atoms with E-state index < -0.39 is 0 Å². The Morgan fingerprint density at radius 2 is 1.83 bits per heavy atom. The smallest absolute Gasteiger partial charge is 0.262 e. The van der Waals surface area contributed by atoms with Crippen molar-refractivity contribution >= 4 is 46.3 Å². The van der Waals surface area contributed by atoms with Gasteiger partial charge in [-0.1, -0.05) is 29.8 Å². The normalized spacial score (nSPS) is 10.9. The van der Waals surface area contributed by atoms with Crippen LogP contribution in [0.3, 0.4) is 0 Å². The topological polar surface area (TPSA) is 66.9 Å². The van der Waals surface area contributed by atoms with E-state index in [0.29, 0.717) is 27.2 Å². The molecule has 1 aromatic heterocycles. The fourth-order valence-corrected chi connectivity index (χ4v) is 3.53. The standard InChI is InChI=1S/C22H15ClFN3O2S/c23-18-4-2-1-3-14(18)12-27-21(29)17-10-5-13(11-19(17)26-22(27)30)20(28)25-16-8-6-15(24)7-9-16/h1-11H,12H2,(H,25,28)(H,26,30). The molecule has 30 heavy (non-hydrogen) atoms. The van der Waals surface area contributed by atoms with Crippen molar-refractivity contribution in [2.75, 3.05) is 5.32 Å². The van der Waals surface area contributed by atoms with Gasteiger partial charge in [0, 0.05) is 16.3 Å². The second-order valence-corrected chi connectivity index (χ2v) is 7.43. The number of hydrogen-bond donors (Lipinski definition) is 2. The van der Waals surface area contributed by atoms with E-state index in [-0.39, 0.29) is 28.6 Å². The zero-order chi connectivity index (χ0) is 21.3. The van der Waals surface area contributed by atoms with Crippen LogP contribution in [0, 0.1) is 10.6 Å². The molecule has 0 aliphatic heterocycles. The lowest BCUT2D eigenvalue weighted by atomic mass is 10.1. The molecule has 0 unspecified atom stereocenters. The Morgan fingerprint density at radius 1 is 1.10 bits per heavy atom. The van der Waals surface area contributed by atoms with Gasteiger partial charge >= 0.3 is 0 Å². The Morgan fingerprint density at radius 3 is 2.57 bits per heavy atom. The molecular weight excluding hydrogens is 425 g/mol. The summed E-state index contributed by atoms with van der Waals surface area (Å²) in [5, 5.41) is 3.63. The summed E-state index contributed by atoms with van der Waals surface area (Å²) in [6, 6.07) is 17.4. The first kappa shape index (κ1) is 20.0. The Labute approximate surface area is 180 Å². The molecule has 1 heterocycles. The van der Waals surface area contributed by atoms with E-state index in [1.54, 1.807) is 24.3 Å². The van der Waals surface area contributed by atoms with Crippen molar-refractivity contribution in [1.82, 2.24) is 9.55 Å². The molecule has 0 saturated carbocycles. The minimum atomic E-state index is -0.389. The van der Waals surface area contributed by atoms with Gasteiger partial charge in [-0.25, -0.2) is 4.39 Å². The number of anilines is 1. The van der Waals surface area contributed by atoms with Crippen LogP contribution in [0.25, 0.3) is 10.9 Å². The van der Waals surface area contributed by atoms with Gasteiger partial charge in [-0.3, -0.25) is 14.2 Å². The number of aromatic amines is 1. The minimum absolute atomic E-state index is 0.225. The van der Waals surface area contributed by atoms with Gasteiger partial charge in [-0.2, -0.15) is 0 Å². The maximum absolute atomic E-state index is 13.0. The largest absolute Gasteiger partial charge is 0.332 e. The number of carbonyl (C=O) groups is 1. The number of halogens is 2. The van der Waals surface area contributed by atoms with Crippen molar-refractivity contribution in [2.45, 2.75) is 6.54 Å². The van der Waals surface area contributed by atoms with E-state index in [1.807, 2.05) is 18.2 Å². The van der Waals surface area contributed by atoms with Crippen LogP contribution in [-0.4, -0.2) is 15.5 Å². The van der Waals surface area contributed by atoms with Crippen LogP contribution in [0.5, 0.6) is 0 Å². The third-order valence-electron chi connectivity index (χ3n) is 4.63. The molecule has 5 nitrogen and oxygen atoms in total. The van der Waals surface area contributed by atoms with Crippen molar-refractivity contribution in [3.63, 3.8) is 0 Å². The first-order valence-corrected chi connectivity index (χ1v) is 9.78. The first-order valence-electron chi connectivity index (χ1n) is 8.99. The van der Waals surface area contributed by atoms with Crippen molar-refractivity contribution in [3.05, 3.63) is 104 Å². The second-order valence-electron chi connectivity index (χ2n) is 6.63. The van der Waals surface area contributed by atoms with E-state index in [0.717, 1.165) is 5.56 Å². The Bertz CT molecular complexity index is 1380. The molecule has 150 valence electrons. The monoisotopic (exact) mass is 439 g/mol. The van der Waals surface area contributed by atoms with Crippen LogP contribution < -0.4 is 10.9 Å². The predicted molar refractivity (Wildman–Crippen MR) is 118 cm³/mol. The number of aromatic nitrogens is 2. The van der Waals surface area contributed by atoms with Gasteiger partial charge in [0.2, 0.25) is 0 Å². The Kier molecular flexibility index (Phi) is 5.48. The number of nitrogens with one attached hydrogen (secondary N) is 2. The molecule has 0 atom stereocenters. The molecule has 0 fully saturated rings. The van der Waals surface area contributed by atoms with Crippen LogP contribution in [0.15, 0.2) is 71.5 Å². The van der Waals surface area contributed by atoms with Crippen molar-refractivity contribution in [2.24, 2.45) is 0 Å². The summed E-state index contributed by atoms with van der Waals surface area (Å²) in [7, 11) is 0. The number of benzene rings is 3. The molecule has 2 N–H and O–H groups in total. The Hall–Kier alpha value is -3.29. The Balaban J connectivity index is 1.68. The maximum Gasteiger partial charge on any atom is 0.262 e.